The van der Waals surface area contributed by atoms with E-state index in [0.29, 0.717) is 11.4 Å². The fourth-order valence-electron chi connectivity index (χ4n) is 2.91. The van der Waals surface area contributed by atoms with E-state index in [1.165, 1.54) is 30.5 Å². The summed E-state index contributed by atoms with van der Waals surface area (Å²) in [6, 6.07) is 8.34. The van der Waals surface area contributed by atoms with Gasteiger partial charge in [0, 0.05) is 37.3 Å². The summed E-state index contributed by atoms with van der Waals surface area (Å²) < 4.78 is 60.1. The molecule has 0 saturated carbocycles. The van der Waals surface area contributed by atoms with Crippen LogP contribution in [0.4, 0.5) is 33.7 Å². The lowest BCUT2D eigenvalue weighted by Crippen LogP contribution is -2.20. The number of benzene rings is 2. The molecule has 0 fully saturated rings. The fraction of sp³-hybridized carbons (Fsp3) is 0.0909. The van der Waals surface area contributed by atoms with Gasteiger partial charge in [0.15, 0.2) is 5.82 Å². The Kier molecular flexibility index (Phi) is 6.13. The minimum Gasteiger partial charge on any atom is -0.439 e. The smallest absolute Gasteiger partial charge is 0.416 e. The molecule has 0 aliphatic heterocycles. The van der Waals surface area contributed by atoms with Gasteiger partial charge in [-0.1, -0.05) is 6.07 Å². The molecule has 4 rings (SSSR count). The molecule has 34 heavy (non-hydrogen) atoms. The van der Waals surface area contributed by atoms with Crippen molar-refractivity contribution < 1.29 is 27.1 Å². The average molecular weight is 472 g/mol. The number of nitrogens with zero attached hydrogens (tertiary/aromatic N) is 4. The fourth-order valence-corrected chi connectivity index (χ4v) is 2.91. The van der Waals surface area contributed by atoms with Gasteiger partial charge in [-0.2, -0.15) is 23.3 Å². The molecule has 0 aliphatic rings. The summed E-state index contributed by atoms with van der Waals surface area (Å²) in [6.45, 7) is 0. The molecule has 0 radical (unpaired) electrons. The number of hydrogen-bond donors (Lipinski definition) is 2. The molecule has 2 N–H and O–H groups in total. The first-order chi connectivity index (χ1) is 16.2. The number of carbonyl (C=O) groups is 1. The van der Waals surface area contributed by atoms with Gasteiger partial charge < -0.3 is 15.4 Å². The summed E-state index contributed by atoms with van der Waals surface area (Å²) in [7, 11) is 1.75. The molecule has 2 heterocycles. The third-order valence-electron chi connectivity index (χ3n) is 4.45. The van der Waals surface area contributed by atoms with Gasteiger partial charge in [-0.3, -0.25) is 4.68 Å². The molecular formula is C22H16F4N6O2. The molecule has 0 spiro atoms. The molecule has 12 heteroatoms. The summed E-state index contributed by atoms with van der Waals surface area (Å²) in [5.41, 5.74) is -0.545. The lowest BCUT2D eigenvalue weighted by molar-refractivity contribution is -0.137. The molecule has 0 saturated heterocycles. The zero-order valence-electron chi connectivity index (χ0n) is 17.5. The number of anilines is 2. The molecule has 2 aromatic carbocycles. The highest BCUT2D eigenvalue weighted by atomic mass is 19.4. The van der Waals surface area contributed by atoms with Crippen molar-refractivity contribution in [3.05, 3.63) is 78.5 Å². The third-order valence-corrected chi connectivity index (χ3v) is 4.45. The first-order valence-corrected chi connectivity index (χ1v) is 9.72. The number of nitrogens with one attached hydrogen (secondary N) is 2. The van der Waals surface area contributed by atoms with Crippen LogP contribution in [0, 0.1) is 5.82 Å². The minimum atomic E-state index is -4.56. The number of alkyl halides is 3. The Hall–Kier alpha value is -4.48. The largest absolute Gasteiger partial charge is 0.439 e. The van der Waals surface area contributed by atoms with E-state index in [2.05, 4.69) is 25.7 Å². The number of hydrogen-bond acceptors (Lipinski definition) is 5. The first kappa shape index (κ1) is 22.7. The Labute approximate surface area is 190 Å². The van der Waals surface area contributed by atoms with Crippen LogP contribution in [-0.2, 0) is 13.2 Å². The van der Waals surface area contributed by atoms with Crippen LogP contribution in [-0.4, -0.2) is 25.8 Å². The number of amides is 2. The zero-order chi connectivity index (χ0) is 24.3. The molecule has 2 aromatic heterocycles. The summed E-state index contributed by atoms with van der Waals surface area (Å²) in [5.74, 6) is -0.178. The van der Waals surface area contributed by atoms with Crippen LogP contribution in [0.1, 0.15) is 5.56 Å². The van der Waals surface area contributed by atoms with E-state index in [1.54, 1.807) is 24.1 Å². The van der Waals surface area contributed by atoms with Crippen molar-refractivity contribution >= 4 is 17.4 Å². The van der Waals surface area contributed by atoms with Crippen molar-refractivity contribution in [2.75, 3.05) is 10.6 Å². The van der Waals surface area contributed by atoms with Crippen LogP contribution >= 0.6 is 0 Å². The van der Waals surface area contributed by atoms with Crippen molar-refractivity contribution in [1.29, 1.82) is 0 Å². The molecule has 8 nitrogen and oxygen atoms in total. The standard InChI is InChI=1S/C22H16F4N6O2/c1-32-12-13(11-28-32)20-27-8-7-19(31-20)34-16-5-6-18(17(23)10-16)30-21(33)29-15-4-2-3-14(9-15)22(24,25)26/h2-12H,1H3,(H2,29,30,33). The van der Waals surface area contributed by atoms with Crippen LogP contribution in [0.25, 0.3) is 11.4 Å². The number of urea groups is 1. The maximum Gasteiger partial charge on any atom is 0.416 e. The summed E-state index contributed by atoms with van der Waals surface area (Å²) in [4.78, 5) is 20.5. The molecule has 0 bridgehead atoms. The summed E-state index contributed by atoms with van der Waals surface area (Å²) >= 11 is 0. The van der Waals surface area contributed by atoms with E-state index in [-0.39, 0.29) is 23.0 Å². The maximum atomic E-state index is 14.5. The van der Waals surface area contributed by atoms with E-state index < -0.39 is 23.6 Å². The molecular weight excluding hydrogens is 456 g/mol. The van der Waals surface area contributed by atoms with E-state index in [0.717, 1.165) is 24.3 Å². The van der Waals surface area contributed by atoms with E-state index in [1.807, 2.05) is 0 Å². The zero-order valence-corrected chi connectivity index (χ0v) is 17.5. The second kappa shape index (κ2) is 9.17. The second-order valence-electron chi connectivity index (χ2n) is 7.02. The molecule has 0 atom stereocenters. The highest BCUT2D eigenvalue weighted by Crippen LogP contribution is 2.31. The maximum absolute atomic E-state index is 14.5. The van der Waals surface area contributed by atoms with Gasteiger partial charge in [0.05, 0.1) is 23.0 Å². The van der Waals surface area contributed by atoms with Crippen molar-refractivity contribution in [1.82, 2.24) is 19.7 Å². The highest BCUT2D eigenvalue weighted by Gasteiger charge is 2.30. The lowest BCUT2D eigenvalue weighted by atomic mass is 10.2. The second-order valence-corrected chi connectivity index (χ2v) is 7.02. The van der Waals surface area contributed by atoms with Crippen LogP contribution in [0.5, 0.6) is 11.6 Å². The van der Waals surface area contributed by atoms with E-state index in [9.17, 15) is 22.4 Å². The number of rotatable bonds is 5. The Bertz CT molecular complexity index is 1340. The minimum absolute atomic E-state index is 0.0964. The third kappa shape index (κ3) is 5.46. The summed E-state index contributed by atoms with van der Waals surface area (Å²) in [5, 5.41) is 8.53. The predicted octanol–water partition coefficient (Wildman–Crippen LogP) is 5.47. The summed E-state index contributed by atoms with van der Waals surface area (Å²) in [6.07, 6.45) is 0.237. The number of ether oxygens (including phenoxy) is 1. The van der Waals surface area contributed by atoms with Crippen LogP contribution in [0.15, 0.2) is 67.1 Å². The molecule has 0 aliphatic carbocycles. The van der Waals surface area contributed by atoms with Gasteiger partial charge >= 0.3 is 12.2 Å². The Balaban J connectivity index is 1.42. The number of aryl methyl sites for hydroxylation is 1. The topological polar surface area (TPSA) is 94.0 Å². The molecule has 2 amide bonds. The quantitative estimate of drug-likeness (QED) is 0.376. The average Bonchev–Trinajstić information content (AvgIpc) is 3.22. The van der Waals surface area contributed by atoms with Gasteiger partial charge in [-0.15, -0.1) is 0 Å². The normalized spacial score (nSPS) is 11.2. The SMILES string of the molecule is Cn1cc(-c2nccc(Oc3ccc(NC(=O)Nc4cccc(C(F)(F)F)c4)c(F)c3)n2)cn1. The van der Waals surface area contributed by atoms with Crippen LogP contribution < -0.4 is 15.4 Å². The van der Waals surface area contributed by atoms with Gasteiger partial charge in [-0.05, 0) is 30.3 Å². The van der Waals surface area contributed by atoms with Crippen LogP contribution in [0.3, 0.4) is 0 Å². The predicted molar refractivity (Wildman–Crippen MR) is 115 cm³/mol. The van der Waals surface area contributed by atoms with Crippen molar-refractivity contribution in [2.45, 2.75) is 6.18 Å². The Morgan fingerprint density at radius 1 is 1.09 bits per heavy atom. The van der Waals surface area contributed by atoms with Crippen LogP contribution in [0.2, 0.25) is 0 Å². The van der Waals surface area contributed by atoms with Gasteiger partial charge in [0.1, 0.15) is 11.6 Å². The number of halogens is 4. The van der Waals surface area contributed by atoms with Crippen molar-refractivity contribution in [3.63, 3.8) is 0 Å². The Morgan fingerprint density at radius 2 is 1.91 bits per heavy atom. The van der Waals surface area contributed by atoms with Gasteiger partial charge in [0.2, 0.25) is 5.88 Å². The first-order valence-electron chi connectivity index (χ1n) is 9.72. The van der Waals surface area contributed by atoms with E-state index in [4.69, 9.17) is 4.74 Å². The molecule has 174 valence electrons. The van der Waals surface area contributed by atoms with Gasteiger partial charge in [-0.25, -0.2) is 14.2 Å². The lowest BCUT2D eigenvalue weighted by Gasteiger charge is -2.12. The molecule has 0 unspecified atom stereocenters. The van der Waals surface area contributed by atoms with E-state index >= 15 is 0 Å². The Morgan fingerprint density at radius 3 is 2.62 bits per heavy atom. The van der Waals surface area contributed by atoms with Crippen molar-refractivity contribution in [3.8, 4) is 23.0 Å². The number of aromatic nitrogens is 4. The number of carbonyl (C=O) groups excluding carboxylic acids is 1. The van der Waals surface area contributed by atoms with Gasteiger partial charge in [0.25, 0.3) is 0 Å². The molecule has 4 aromatic rings. The monoisotopic (exact) mass is 472 g/mol. The highest BCUT2D eigenvalue weighted by molar-refractivity contribution is 5.99. The van der Waals surface area contributed by atoms with Crippen molar-refractivity contribution in [2.24, 2.45) is 7.05 Å².